The summed E-state index contributed by atoms with van der Waals surface area (Å²) < 4.78 is 7.66. The van der Waals surface area contributed by atoms with E-state index in [-0.39, 0.29) is 0 Å². The molecule has 0 aliphatic carbocycles. The van der Waals surface area contributed by atoms with Gasteiger partial charge in [-0.25, -0.2) is 14.7 Å². The number of aliphatic hydroxyl groups excluding tert-OH is 1. The Morgan fingerprint density at radius 1 is 1.08 bits per heavy atom. The molecule has 1 atom stereocenters. The zero-order valence-corrected chi connectivity index (χ0v) is 16.8. The van der Waals surface area contributed by atoms with Crippen LogP contribution in [0.4, 0.5) is 0 Å². The van der Waals surface area contributed by atoms with Gasteiger partial charge in [-0.05, 0) is 49.0 Å². The predicted octanol–water partition coefficient (Wildman–Crippen LogP) is 4.09. The molecule has 0 bridgehead atoms. The number of aliphatic hydroxyl groups is 1. The molecule has 0 saturated heterocycles. The highest BCUT2D eigenvalue weighted by atomic mass is 32.3. The van der Waals surface area contributed by atoms with Crippen LogP contribution >= 0.6 is 10.0 Å². The highest BCUT2D eigenvalue weighted by molar-refractivity contribution is 8.32. The first-order valence-corrected chi connectivity index (χ1v) is 11.8. The third-order valence-electron chi connectivity index (χ3n) is 4.43. The Bertz CT molecular complexity index is 866. The van der Waals surface area contributed by atoms with E-state index in [4.69, 9.17) is 4.74 Å². The molecule has 4 nitrogen and oxygen atoms in total. The average molecular weight is 373 g/mol. The van der Waals surface area contributed by atoms with Gasteiger partial charge in [0.1, 0.15) is 12.8 Å². The maximum Gasteiger partial charge on any atom is 0.140 e. The Labute approximate surface area is 157 Å². The summed E-state index contributed by atoms with van der Waals surface area (Å²) >= 11 is 0. The number of hydrogen-bond donors (Lipinski definition) is 1. The van der Waals surface area contributed by atoms with Gasteiger partial charge in [-0.2, -0.15) is 5.10 Å². The number of aromatic nitrogens is 2. The standard InChI is InChI=1S/C21H28N2O2S/c1-16-5-7-17(8-6-16)21(24)18-9-10-20-19(13-18)14-22-23(20)15-25-11-12-26(2,3)4/h5-10,13-14,21,24H,11-12,15H2,1-4H3. The number of nitrogens with zero attached hydrogens (tertiary/aromatic N) is 2. The minimum absolute atomic E-state index is 0.457. The lowest BCUT2D eigenvalue weighted by Gasteiger charge is -2.24. The molecule has 26 heavy (non-hydrogen) atoms. The van der Waals surface area contributed by atoms with Crippen molar-refractivity contribution < 1.29 is 9.84 Å². The molecule has 0 spiro atoms. The highest BCUT2D eigenvalue weighted by Crippen LogP contribution is 2.33. The first kappa shape index (κ1) is 19.0. The molecule has 0 aliphatic heterocycles. The predicted molar refractivity (Wildman–Crippen MR) is 111 cm³/mol. The highest BCUT2D eigenvalue weighted by Gasteiger charge is 2.12. The van der Waals surface area contributed by atoms with Gasteiger partial charge in [-0.3, -0.25) is 0 Å². The van der Waals surface area contributed by atoms with Crippen molar-refractivity contribution in [2.45, 2.75) is 19.8 Å². The quantitative estimate of drug-likeness (QED) is 0.635. The van der Waals surface area contributed by atoms with E-state index < -0.39 is 16.1 Å². The second-order valence-corrected chi connectivity index (χ2v) is 12.2. The molecule has 0 aliphatic rings. The van der Waals surface area contributed by atoms with Gasteiger partial charge >= 0.3 is 0 Å². The van der Waals surface area contributed by atoms with Crippen LogP contribution in [0.15, 0.2) is 48.7 Å². The molecular weight excluding hydrogens is 344 g/mol. The summed E-state index contributed by atoms with van der Waals surface area (Å²) in [6, 6.07) is 14.0. The van der Waals surface area contributed by atoms with Gasteiger partial charge in [-0.15, -0.1) is 0 Å². The Morgan fingerprint density at radius 3 is 2.46 bits per heavy atom. The van der Waals surface area contributed by atoms with E-state index >= 15 is 0 Å². The lowest BCUT2D eigenvalue weighted by molar-refractivity contribution is 0.0841. The van der Waals surface area contributed by atoms with Crippen LogP contribution in [0, 0.1) is 6.92 Å². The molecule has 1 N–H and O–H groups in total. The number of rotatable bonds is 7. The molecule has 1 aromatic heterocycles. The zero-order chi connectivity index (χ0) is 18.7. The molecule has 0 fully saturated rings. The minimum atomic E-state index is -0.630. The maximum atomic E-state index is 10.6. The summed E-state index contributed by atoms with van der Waals surface area (Å²) in [5.41, 5.74) is 3.98. The molecule has 2 aromatic carbocycles. The summed E-state index contributed by atoms with van der Waals surface area (Å²) in [6.45, 7) is 3.25. The van der Waals surface area contributed by atoms with Gasteiger partial charge in [0.2, 0.25) is 0 Å². The van der Waals surface area contributed by atoms with Crippen LogP contribution in [-0.2, 0) is 11.5 Å². The van der Waals surface area contributed by atoms with Crippen molar-refractivity contribution in [1.29, 1.82) is 0 Å². The van der Waals surface area contributed by atoms with E-state index in [0.29, 0.717) is 6.73 Å². The Balaban J connectivity index is 1.71. The number of hydrogen-bond acceptors (Lipinski definition) is 3. The summed E-state index contributed by atoms with van der Waals surface area (Å²) in [4.78, 5) is 0. The van der Waals surface area contributed by atoms with Crippen molar-refractivity contribution in [1.82, 2.24) is 9.78 Å². The van der Waals surface area contributed by atoms with Crippen molar-refractivity contribution >= 4 is 20.9 Å². The second kappa shape index (κ2) is 7.82. The fourth-order valence-corrected chi connectivity index (χ4v) is 3.40. The Morgan fingerprint density at radius 2 is 1.77 bits per heavy atom. The lowest BCUT2D eigenvalue weighted by atomic mass is 9.99. The molecule has 5 heteroatoms. The van der Waals surface area contributed by atoms with Crippen LogP contribution in [0.2, 0.25) is 0 Å². The van der Waals surface area contributed by atoms with Crippen molar-refractivity contribution in [2.75, 3.05) is 31.1 Å². The van der Waals surface area contributed by atoms with E-state index in [1.54, 1.807) is 0 Å². The fourth-order valence-electron chi connectivity index (χ4n) is 2.78. The third-order valence-corrected chi connectivity index (χ3v) is 5.82. The summed E-state index contributed by atoms with van der Waals surface area (Å²) in [7, 11) is -0.534. The first-order chi connectivity index (χ1) is 12.3. The van der Waals surface area contributed by atoms with Crippen LogP contribution in [0.5, 0.6) is 0 Å². The largest absolute Gasteiger partial charge is 0.384 e. The Hall–Kier alpha value is -1.82. The van der Waals surface area contributed by atoms with Crippen LogP contribution in [-0.4, -0.2) is 46.0 Å². The van der Waals surface area contributed by atoms with Gasteiger partial charge < -0.3 is 9.84 Å². The van der Waals surface area contributed by atoms with Gasteiger partial charge in [0.25, 0.3) is 0 Å². The number of ether oxygens (including phenoxy) is 1. The molecule has 0 radical (unpaired) electrons. The molecule has 0 amide bonds. The molecule has 3 rings (SSSR count). The summed E-state index contributed by atoms with van der Waals surface area (Å²) in [5.74, 6) is 1.10. The van der Waals surface area contributed by atoms with Gasteiger partial charge in [-0.1, -0.05) is 35.9 Å². The van der Waals surface area contributed by atoms with Gasteiger partial charge in [0.15, 0.2) is 0 Å². The molecule has 0 saturated carbocycles. The van der Waals surface area contributed by atoms with E-state index in [1.807, 2.05) is 60.3 Å². The fraction of sp³-hybridized carbons (Fsp3) is 0.381. The topological polar surface area (TPSA) is 47.3 Å². The lowest BCUT2D eigenvalue weighted by Crippen LogP contribution is -2.10. The van der Waals surface area contributed by atoms with Crippen molar-refractivity contribution in [3.8, 4) is 0 Å². The molecule has 1 heterocycles. The van der Waals surface area contributed by atoms with Crippen LogP contribution < -0.4 is 0 Å². The van der Waals surface area contributed by atoms with Gasteiger partial charge in [0, 0.05) is 11.1 Å². The van der Waals surface area contributed by atoms with Crippen LogP contribution in [0.1, 0.15) is 22.8 Å². The number of benzene rings is 2. The molecule has 1 unspecified atom stereocenters. The summed E-state index contributed by atoms with van der Waals surface area (Å²) in [5, 5.41) is 16.1. The molecular formula is C21H28N2O2S. The van der Waals surface area contributed by atoms with Crippen molar-refractivity contribution in [3.63, 3.8) is 0 Å². The van der Waals surface area contributed by atoms with E-state index in [9.17, 15) is 5.11 Å². The SMILES string of the molecule is Cc1ccc(C(O)c2ccc3c(cnn3COCCS(C)(C)C)c2)cc1. The Kier molecular flexibility index (Phi) is 5.70. The minimum Gasteiger partial charge on any atom is -0.384 e. The molecule has 3 aromatic rings. The second-order valence-electron chi connectivity index (χ2n) is 7.61. The van der Waals surface area contributed by atoms with E-state index in [1.165, 1.54) is 5.56 Å². The summed E-state index contributed by atoms with van der Waals surface area (Å²) in [6.07, 6.45) is 8.08. The number of fused-ring (bicyclic) bond motifs is 1. The molecule has 140 valence electrons. The zero-order valence-electron chi connectivity index (χ0n) is 16.0. The van der Waals surface area contributed by atoms with E-state index in [0.717, 1.165) is 34.4 Å². The third kappa shape index (κ3) is 4.67. The van der Waals surface area contributed by atoms with Crippen molar-refractivity contribution in [2.24, 2.45) is 0 Å². The van der Waals surface area contributed by atoms with Crippen LogP contribution in [0.25, 0.3) is 10.9 Å². The average Bonchev–Trinajstić information content (AvgIpc) is 3.00. The van der Waals surface area contributed by atoms with Crippen molar-refractivity contribution in [3.05, 3.63) is 65.4 Å². The normalized spacial score (nSPS) is 13.9. The van der Waals surface area contributed by atoms with Crippen LogP contribution in [0.3, 0.4) is 0 Å². The smallest absolute Gasteiger partial charge is 0.140 e. The first-order valence-electron chi connectivity index (χ1n) is 8.77. The van der Waals surface area contributed by atoms with E-state index in [2.05, 4.69) is 23.9 Å². The monoisotopic (exact) mass is 372 g/mol. The maximum absolute atomic E-state index is 10.6. The van der Waals surface area contributed by atoms with Gasteiger partial charge in [0.05, 0.1) is 18.3 Å². The number of aryl methyl sites for hydroxylation is 1.